The Morgan fingerprint density at radius 2 is 1.80 bits per heavy atom. The second-order valence-electron chi connectivity index (χ2n) is 5.71. The Morgan fingerprint density at radius 1 is 0.960 bits per heavy atom. The Labute approximate surface area is 139 Å². The fourth-order valence-electron chi connectivity index (χ4n) is 3.12. The molecule has 6 heteroatoms. The third-order valence-electron chi connectivity index (χ3n) is 4.23. The summed E-state index contributed by atoms with van der Waals surface area (Å²) in [4.78, 5) is 16.7. The fraction of sp³-hybridized carbons (Fsp3) is 0. The van der Waals surface area contributed by atoms with E-state index in [1.54, 1.807) is 10.9 Å². The van der Waals surface area contributed by atoms with Gasteiger partial charge < -0.3 is 4.42 Å². The summed E-state index contributed by atoms with van der Waals surface area (Å²) >= 11 is 0. The van der Waals surface area contributed by atoms with Crippen LogP contribution in [0, 0.1) is 5.82 Å². The van der Waals surface area contributed by atoms with Crippen LogP contribution in [0.25, 0.3) is 38.5 Å². The number of para-hydroxylation sites is 1. The molecular formula is C19H10FN3O2. The minimum atomic E-state index is -0.504. The lowest BCUT2D eigenvalue weighted by Gasteiger charge is -2.05. The third kappa shape index (κ3) is 1.97. The van der Waals surface area contributed by atoms with E-state index >= 15 is 0 Å². The number of aromatic nitrogens is 3. The van der Waals surface area contributed by atoms with Crippen molar-refractivity contribution in [2.45, 2.75) is 0 Å². The molecule has 3 aromatic heterocycles. The van der Waals surface area contributed by atoms with Gasteiger partial charge in [-0.2, -0.15) is 5.10 Å². The molecule has 0 fully saturated rings. The van der Waals surface area contributed by atoms with Crippen LogP contribution in [-0.2, 0) is 0 Å². The van der Waals surface area contributed by atoms with Crippen molar-refractivity contribution in [2.24, 2.45) is 0 Å². The molecule has 0 radical (unpaired) electrons. The monoisotopic (exact) mass is 331 g/mol. The van der Waals surface area contributed by atoms with Crippen LogP contribution in [0.4, 0.5) is 4.39 Å². The second-order valence-corrected chi connectivity index (χ2v) is 5.71. The summed E-state index contributed by atoms with van der Waals surface area (Å²) in [6.45, 7) is 0. The zero-order valence-electron chi connectivity index (χ0n) is 12.8. The van der Waals surface area contributed by atoms with Crippen molar-refractivity contribution in [2.75, 3.05) is 0 Å². The van der Waals surface area contributed by atoms with E-state index in [-0.39, 0.29) is 0 Å². The molecule has 0 amide bonds. The van der Waals surface area contributed by atoms with Crippen LogP contribution >= 0.6 is 0 Å². The van der Waals surface area contributed by atoms with Crippen LogP contribution in [0.5, 0.6) is 0 Å². The van der Waals surface area contributed by atoms with Crippen LogP contribution < -0.4 is 5.63 Å². The molecule has 0 saturated carbocycles. The van der Waals surface area contributed by atoms with Crippen LogP contribution in [0.3, 0.4) is 0 Å². The molecule has 5 nitrogen and oxygen atoms in total. The van der Waals surface area contributed by atoms with Crippen LogP contribution in [0.1, 0.15) is 0 Å². The quantitative estimate of drug-likeness (QED) is 0.346. The molecule has 0 atom stereocenters. The number of halogens is 1. The summed E-state index contributed by atoms with van der Waals surface area (Å²) in [7, 11) is 0. The molecule has 120 valence electrons. The molecule has 5 aromatic rings. The fourth-order valence-corrected chi connectivity index (χ4v) is 3.12. The molecule has 0 N–H and O–H groups in total. The van der Waals surface area contributed by atoms with Gasteiger partial charge in [0.05, 0.1) is 17.3 Å². The first-order chi connectivity index (χ1) is 12.2. The van der Waals surface area contributed by atoms with E-state index < -0.39 is 11.4 Å². The number of benzene rings is 2. The lowest BCUT2D eigenvalue weighted by Crippen LogP contribution is -2.02. The predicted octanol–water partition coefficient (Wildman–Crippen LogP) is 3.82. The van der Waals surface area contributed by atoms with E-state index in [4.69, 9.17) is 4.42 Å². The highest BCUT2D eigenvalue weighted by atomic mass is 19.1. The van der Waals surface area contributed by atoms with Crippen molar-refractivity contribution >= 4 is 32.8 Å². The Kier molecular flexibility index (Phi) is 2.76. The molecule has 0 spiro atoms. The summed E-state index contributed by atoms with van der Waals surface area (Å²) in [6, 6.07) is 13.6. The second kappa shape index (κ2) is 4.98. The van der Waals surface area contributed by atoms with Gasteiger partial charge in [0.2, 0.25) is 0 Å². The van der Waals surface area contributed by atoms with Gasteiger partial charge in [-0.25, -0.2) is 18.9 Å². The maximum atomic E-state index is 13.8. The van der Waals surface area contributed by atoms with Gasteiger partial charge in [0, 0.05) is 22.4 Å². The van der Waals surface area contributed by atoms with Gasteiger partial charge in [0.15, 0.2) is 5.65 Å². The van der Waals surface area contributed by atoms with Crippen molar-refractivity contribution in [1.82, 2.24) is 14.8 Å². The normalized spacial score (nSPS) is 11.6. The van der Waals surface area contributed by atoms with Gasteiger partial charge in [-0.05, 0) is 30.3 Å². The Balaban J connectivity index is 1.98. The van der Waals surface area contributed by atoms with Gasteiger partial charge in [-0.15, -0.1) is 0 Å². The topological polar surface area (TPSA) is 60.9 Å². The maximum absolute atomic E-state index is 13.8. The largest absolute Gasteiger partial charge is 0.422 e. The molecule has 0 bridgehead atoms. The summed E-state index contributed by atoms with van der Waals surface area (Å²) < 4.78 is 20.7. The Hall–Kier alpha value is -3.54. The number of pyridine rings is 1. The van der Waals surface area contributed by atoms with E-state index in [0.717, 1.165) is 5.69 Å². The first-order valence-electron chi connectivity index (χ1n) is 7.66. The molecule has 25 heavy (non-hydrogen) atoms. The minimum absolute atomic E-state index is 0.304. The van der Waals surface area contributed by atoms with Gasteiger partial charge in [-0.3, -0.25) is 0 Å². The van der Waals surface area contributed by atoms with Crippen molar-refractivity contribution < 1.29 is 8.81 Å². The summed E-state index contributed by atoms with van der Waals surface area (Å²) in [5, 5.41) is 6.50. The van der Waals surface area contributed by atoms with Crippen molar-refractivity contribution in [3.8, 4) is 5.69 Å². The SMILES string of the molecule is O=c1oc2ccc(F)cc2c2c1cnc1c2cnn1-c1ccccc1. The minimum Gasteiger partial charge on any atom is -0.422 e. The molecule has 2 aromatic carbocycles. The van der Waals surface area contributed by atoms with Gasteiger partial charge in [0.1, 0.15) is 11.4 Å². The molecule has 0 aliphatic carbocycles. The Bertz CT molecular complexity index is 1320. The first-order valence-corrected chi connectivity index (χ1v) is 7.66. The van der Waals surface area contributed by atoms with Crippen LogP contribution in [-0.4, -0.2) is 14.8 Å². The van der Waals surface area contributed by atoms with Crippen molar-refractivity contribution in [1.29, 1.82) is 0 Å². The highest BCUT2D eigenvalue weighted by Gasteiger charge is 2.15. The number of nitrogens with zero attached hydrogens (tertiary/aromatic N) is 3. The standard InChI is InChI=1S/C19H10FN3O2/c20-11-6-7-16-13(8-11)17-14-10-22-23(12-4-2-1-3-5-12)18(14)21-9-15(17)19(24)25-16/h1-10H. The van der Waals surface area contributed by atoms with Crippen molar-refractivity contribution in [3.63, 3.8) is 0 Å². The van der Waals surface area contributed by atoms with E-state index in [1.807, 2.05) is 30.3 Å². The molecule has 0 aliphatic rings. The highest BCUT2D eigenvalue weighted by Crippen LogP contribution is 2.30. The summed E-state index contributed by atoms with van der Waals surface area (Å²) in [5.41, 5.74) is 1.27. The number of hydrogen-bond donors (Lipinski definition) is 0. The zero-order valence-corrected chi connectivity index (χ0v) is 12.8. The maximum Gasteiger partial charge on any atom is 0.345 e. The lowest BCUT2D eigenvalue weighted by molar-refractivity contribution is 0.567. The van der Waals surface area contributed by atoms with E-state index in [0.29, 0.717) is 32.8 Å². The summed E-state index contributed by atoms with van der Waals surface area (Å²) in [6.07, 6.45) is 3.09. The molecule has 0 aliphatic heterocycles. The molecule has 3 heterocycles. The predicted molar refractivity (Wildman–Crippen MR) is 92.4 cm³/mol. The van der Waals surface area contributed by atoms with Gasteiger partial charge >= 0.3 is 5.63 Å². The van der Waals surface area contributed by atoms with Crippen molar-refractivity contribution in [3.05, 3.63) is 77.2 Å². The molecular weight excluding hydrogens is 321 g/mol. The van der Waals surface area contributed by atoms with Crippen LogP contribution in [0.2, 0.25) is 0 Å². The lowest BCUT2D eigenvalue weighted by atomic mass is 10.1. The van der Waals surface area contributed by atoms with Crippen LogP contribution in [0.15, 0.2) is 70.1 Å². The van der Waals surface area contributed by atoms with Gasteiger partial charge in [0.25, 0.3) is 0 Å². The summed E-state index contributed by atoms with van der Waals surface area (Å²) in [5.74, 6) is -0.400. The Morgan fingerprint density at radius 3 is 2.64 bits per heavy atom. The van der Waals surface area contributed by atoms with E-state index in [1.165, 1.54) is 24.4 Å². The number of fused-ring (bicyclic) bond motifs is 5. The average molecular weight is 331 g/mol. The third-order valence-corrected chi connectivity index (χ3v) is 4.23. The van der Waals surface area contributed by atoms with E-state index in [9.17, 15) is 9.18 Å². The number of rotatable bonds is 1. The van der Waals surface area contributed by atoms with Gasteiger partial charge in [-0.1, -0.05) is 18.2 Å². The average Bonchev–Trinajstić information content (AvgIpc) is 3.07. The highest BCUT2D eigenvalue weighted by molar-refractivity contribution is 6.16. The molecule has 5 rings (SSSR count). The molecule has 0 unspecified atom stereocenters. The molecule has 0 saturated heterocycles. The van der Waals surface area contributed by atoms with E-state index in [2.05, 4.69) is 10.1 Å². The smallest absolute Gasteiger partial charge is 0.345 e. The first kappa shape index (κ1) is 13.9. The number of hydrogen-bond acceptors (Lipinski definition) is 4. The zero-order chi connectivity index (χ0) is 17.0.